The minimum absolute atomic E-state index is 0.128. The van der Waals surface area contributed by atoms with Gasteiger partial charge >= 0.3 is 0 Å². The van der Waals surface area contributed by atoms with Crippen molar-refractivity contribution in [1.29, 1.82) is 0 Å². The normalized spacial score (nSPS) is 21.2. The molecule has 0 saturated carbocycles. The van der Waals surface area contributed by atoms with Crippen molar-refractivity contribution in [2.45, 2.75) is 31.7 Å². The fourth-order valence-corrected chi connectivity index (χ4v) is 8.27. The van der Waals surface area contributed by atoms with Gasteiger partial charge in [-0.1, -0.05) is 128 Å². The van der Waals surface area contributed by atoms with Gasteiger partial charge < -0.3 is 9.47 Å². The lowest BCUT2D eigenvalue weighted by Crippen LogP contribution is -2.46. The van der Waals surface area contributed by atoms with Crippen molar-refractivity contribution in [2.24, 2.45) is 5.92 Å². The Morgan fingerprint density at radius 2 is 1.37 bits per heavy atom. The Balaban J connectivity index is 1.19. The van der Waals surface area contributed by atoms with Crippen molar-refractivity contribution < 1.29 is 0 Å². The number of rotatable bonds is 4. The zero-order chi connectivity index (χ0) is 30.8. The first kappa shape index (κ1) is 27.0. The van der Waals surface area contributed by atoms with Crippen molar-refractivity contribution in [2.75, 3.05) is 4.90 Å². The molecule has 46 heavy (non-hydrogen) atoms. The van der Waals surface area contributed by atoms with E-state index in [9.17, 15) is 0 Å². The quantitative estimate of drug-likeness (QED) is 0.198. The summed E-state index contributed by atoms with van der Waals surface area (Å²) in [6, 6.07) is 46.6. The van der Waals surface area contributed by atoms with Crippen LogP contribution in [0.4, 0.5) is 5.69 Å². The van der Waals surface area contributed by atoms with Gasteiger partial charge in [0.25, 0.3) is 0 Å². The predicted octanol–water partition coefficient (Wildman–Crippen LogP) is 11.0. The Hall–Kier alpha value is -5.34. The number of para-hydroxylation sites is 2. The second-order valence-electron chi connectivity index (χ2n) is 13.2. The lowest BCUT2D eigenvalue weighted by atomic mass is 9.79. The molecule has 0 saturated heterocycles. The molecule has 6 aromatic rings. The van der Waals surface area contributed by atoms with E-state index < -0.39 is 0 Å². The fraction of sp³-hybridized carbons (Fsp3) is 0.136. The second-order valence-corrected chi connectivity index (χ2v) is 13.2. The molecule has 0 fully saturated rings. The summed E-state index contributed by atoms with van der Waals surface area (Å²) in [6.45, 7) is 4.81. The Morgan fingerprint density at radius 1 is 0.674 bits per heavy atom. The summed E-state index contributed by atoms with van der Waals surface area (Å²) in [5, 5.41) is 1.31. The maximum absolute atomic E-state index is 2.65. The first-order valence-electron chi connectivity index (χ1n) is 16.5. The number of hydrogen-bond donors (Lipinski definition) is 0. The van der Waals surface area contributed by atoms with E-state index in [4.69, 9.17) is 0 Å². The van der Waals surface area contributed by atoms with Crippen molar-refractivity contribution in [3.8, 4) is 27.9 Å². The summed E-state index contributed by atoms with van der Waals surface area (Å²) in [7, 11) is 0. The Labute approximate surface area is 271 Å². The third kappa shape index (κ3) is 4.03. The van der Waals surface area contributed by atoms with E-state index in [1.54, 1.807) is 0 Å². The highest BCUT2D eigenvalue weighted by Gasteiger charge is 2.48. The van der Waals surface area contributed by atoms with Gasteiger partial charge in [0.15, 0.2) is 0 Å². The molecular formula is C44H36N2. The molecule has 0 N–H and O–H groups in total. The average Bonchev–Trinajstić information content (AvgIpc) is 3.56. The highest BCUT2D eigenvalue weighted by Crippen LogP contribution is 2.54. The van der Waals surface area contributed by atoms with Crippen molar-refractivity contribution >= 4 is 22.7 Å². The van der Waals surface area contributed by atoms with E-state index in [0.29, 0.717) is 11.8 Å². The van der Waals surface area contributed by atoms with Crippen LogP contribution in [0.1, 0.15) is 36.6 Å². The van der Waals surface area contributed by atoms with Crippen LogP contribution in [0.2, 0.25) is 0 Å². The summed E-state index contributed by atoms with van der Waals surface area (Å²) < 4.78 is 2.52. The molecule has 2 nitrogen and oxygen atoms in total. The number of benzene rings is 5. The first-order chi connectivity index (χ1) is 22.6. The van der Waals surface area contributed by atoms with Crippen LogP contribution in [0.5, 0.6) is 0 Å². The molecule has 2 heteroatoms. The summed E-state index contributed by atoms with van der Waals surface area (Å²) in [5.41, 5.74) is 14.2. The van der Waals surface area contributed by atoms with Gasteiger partial charge in [-0.25, -0.2) is 0 Å². The third-order valence-corrected chi connectivity index (χ3v) is 10.5. The lowest BCUT2D eigenvalue weighted by Gasteiger charge is -2.43. The summed E-state index contributed by atoms with van der Waals surface area (Å²) in [5.74, 6) is 0.692. The second kappa shape index (κ2) is 10.4. The molecule has 0 spiro atoms. The van der Waals surface area contributed by atoms with Crippen LogP contribution in [0, 0.1) is 5.92 Å². The number of nitrogens with zero attached hydrogens (tertiary/aromatic N) is 2. The predicted molar refractivity (Wildman–Crippen MR) is 193 cm³/mol. The van der Waals surface area contributed by atoms with Gasteiger partial charge in [-0.2, -0.15) is 0 Å². The highest BCUT2D eigenvalue weighted by atomic mass is 15.2. The molecule has 5 aromatic carbocycles. The summed E-state index contributed by atoms with van der Waals surface area (Å²) in [4.78, 5) is 2.65. The Morgan fingerprint density at radius 3 is 2.24 bits per heavy atom. The maximum Gasteiger partial charge on any atom is 0.0709 e. The zero-order valence-corrected chi connectivity index (χ0v) is 26.3. The SMILES string of the molecule is CC1Cc2c(c3ccccc3n2-c2cccc(-c3cccc(-c4ccccc4)c3)c2)C=C1N1c2ccccc2[C@@H]2C=CC=CC21C. The molecule has 1 aliphatic heterocycles. The number of aromatic nitrogens is 1. The molecule has 3 atom stereocenters. The first-order valence-corrected chi connectivity index (χ1v) is 16.5. The van der Waals surface area contributed by atoms with Crippen LogP contribution in [-0.4, -0.2) is 10.1 Å². The molecule has 2 heterocycles. The summed E-state index contributed by atoms with van der Waals surface area (Å²) >= 11 is 0. The van der Waals surface area contributed by atoms with E-state index in [1.807, 2.05) is 0 Å². The molecule has 2 aliphatic carbocycles. The van der Waals surface area contributed by atoms with Gasteiger partial charge in [0.1, 0.15) is 0 Å². The van der Waals surface area contributed by atoms with Crippen LogP contribution >= 0.6 is 0 Å². The number of anilines is 1. The molecule has 0 bridgehead atoms. The third-order valence-electron chi connectivity index (χ3n) is 10.5. The van der Waals surface area contributed by atoms with Crippen LogP contribution in [0.3, 0.4) is 0 Å². The van der Waals surface area contributed by atoms with Crippen molar-refractivity contribution in [3.63, 3.8) is 0 Å². The molecule has 9 rings (SSSR count). The minimum atomic E-state index is -0.128. The molecule has 0 radical (unpaired) electrons. The van der Waals surface area contributed by atoms with Gasteiger partial charge in [0, 0.05) is 45.6 Å². The topological polar surface area (TPSA) is 8.17 Å². The lowest BCUT2D eigenvalue weighted by molar-refractivity contribution is 0.494. The standard InChI is InChI=1S/C44H36N2/c1-30-26-43-38(29-42(30)46-41-24-9-7-21-37(41)39-22-10-11-25-44(39,46)2)36-20-6-8-23-40(36)45(43)35-19-13-18-34(28-35)33-17-12-16-32(27-33)31-14-4-3-5-15-31/h3-25,27-30,39H,26H2,1-2H3/t30?,39-,44?/m0/s1. The van der Waals surface area contributed by atoms with Gasteiger partial charge in [0.2, 0.25) is 0 Å². The number of allylic oxidation sites excluding steroid dienone is 3. The van der Waals surface area contributed by atoms with Crippen molar-refractivity contribution in [1.82, 2.24) is 4.57 Å². The fourth-order valence-electron chi connectivity index (χ4n) is 8.27. The van der Waals surface area contributed by atoms with E-state index >= 15 is 0 Å². The highest BCUT2D eigenvalue weighted by molar-refractivity contribution is 5.95. The Bertz CT molecular complexity index is 2230. The average molecular weight is 593 g/mol. The maximum atomic E-state index is 2.65. The Kier molecular flexibility index (Phi) is 6.08. The van der Waals surface area contributed by atoms with Gasteiger partial charge in [-0.15, -0.1) is 0 Å². The van der Waals surface area contributed by atoms with Crippen LogP contribution in [0.25, 0.3) is 44.9 Å². The zero-order valence-electron chi connectivity index (χ0n) is 26.3. The largest absolute Gasteiger partial charge is 0.334 e. The summed E-state index contributed by atoms with van der Waals surface area (Å²) in [6.07, 6.45) is 12.7. The number of fused-ring (bicyclic) bond motifs is 6. The van der Waals surface area contributed by atoms with Gasteiger partial charge in [-0.05, 0) is 77.6 Å². The van der Waals surface area contributed by atoms with Crippen molar-refractivity contribution in [3.05, 3.63) is 174 Å². The molecule has 2 unspecified atom stereocenters. The monoisotopic (exact) mass is 592 g/mol. The molecule has 222 valence electrons. The van der Waals surface area contributed by atoms with Gasteiger partial charge in [-0.3, -0.25) is 0 Å². The molecule has 0 amide bonds. The smallest absolute Gasteiger partial charge is 0.0709 e. The van der Waals surface area contributed by atoms with Crippen LogP contribution in [-0.2, 0) is 6.42 Å². The minimum Gasteiger partial charge on any atom is -0.334 e. The van der Waals surface area contributed by atoms with Crippen LogP contribution < -0.4 is 4.90 Å². The van der Waals surface area contributed by atoms with E-state index in [0.717, 1.165) is 6.42 Å². The number of hydrogen-bond acceptors (Lipinski definition) is 1. The van der Waals surface area contributed by atoms with E-state index in [-0.39, 0.29) is 5.54 Å². The van der Waals surface area contributed by atoms with E-state index in [2.05, 4.69) is 181 Å². The molecule has 1 aromatic heterocycles. The molecule has 3 aliphatic rings. The van der Waals surface area contributed by atoms with E-state index in [1.165, 1.54) is 67.0 Å². The molecular weight excluding hydrogens is 556 g/mol. The van der Waals surface area contributed by atoms with Crippen LogP contribution in [0.15, 0.2) is 157 Å². The van der Waals surface area contributed by atoms with Gasteiger partial charge in [0.05, 0.1) is 11.1 Å².